The first-order valence-corrected chi connectivity index (χ1v) is 5.22. The van der Waals surface area contributed by atoms with E-state index in [1.165, 1.54) is 0 Å². The van der Waals surface area contributed by atoms with Crippen molar-refractivity contribution < 1.29 is 0 Å². The highest BCUT2D eigenvalue weighted by Crippen LogP contribution is 2.32. The largest absolute Gasteiger partial charge is 0.324 e. The van der Waals surface area contributed by atoms with Crippen molar-refractivity contribution in [2.45, 2.75) is 33.7 Å². The van der Waals surface area contributed by atoms with Gasteiger partial charge >= 0.3 is 0 Å². The SMILES string of the molecule is Cc1ccc([C@@H](N)C(C)(C)C)cc1Cl.Cl. The molecule has 0 saturated carbocycles. The van der Waals surface area contributed by atoms with E-state index in [0.717, 1.165) is 16.1 Å². The average Bonchev–Trinajstić information content (AvgIpc) is 2.07. The van der Waals surface area contributed by atoms with Gasteiger partial charge in [-0.3, -0.25) is 0 Å². The van der Waals surface area contributed by atoms with Crippen LogP contribution in [0.5, 0.6) is 0 Å². The van der Waals surface area contributed by atoms with Crippen LogP contribution in [-0.4, -0.2) is 0 Å². The van der Waals surface area contributed by atoms with E-state index in [2.05, 4.69) is 26.8 Å². The highest BCUT2D eigenvalue weighted by molar-refractivity contribution is 6.31. The number of benzene rings is 1. The monoisotopic (exact) mass is 247 g/mol. The Kier molecular flexibility index (Phi) is 5.12. The summed E-state index contributed by atoms with van der Waals surface area (Å²) in [5.41, 5.74) is 8.40. The fourth-order valence-corrected chi connectivity index (χ4v) is 1.49. The molecule has 0 heterocycles. The van der Waals surface area contributed by atoms with Crippen LogP contribution in [0.3, 0.4) is 0 Å². The summed E-state index contributed by atoms with van der Waals surface area (Å²) in [6.45, 7) is 8.39. The van der Waals surface area contributed by atoms with Crippen LogP contribution in [0.4, 0.5) is 0 Å². The molecule has 3 heteroatoms. The van der Waals surface area contributed by atoms with Gasteiger partial charge in [0.1, 0.15) is 0 Å². The molecule has 0 aliphatic heterocycles. The molecule has 1 aromatic carbocycles. The Morgan fingerprint density at radius 3 is 2.20 bits per heavy atom. The molecule has 0 aliphatic rings. The van der Waals surface area contributed by atoms with E-state index in [1.807, 2.05) is 19.1 Å². The van der Waals surface area contributed by atoms with Gasteiger partial charge in [0.05, 0.1) is 0 Å². The lowest BCUT2D eigenvalue weighted by Gasteiger charge is -2.27. The Morgan fingerprint density at radius 2 is 1.80 bits per heavy atom. The van der Waals surface area contributed by atoms with Crippen molar-refractivity contribution in [3.8, 4) is 0 Å². The third kappa shape index (κ3) is 3.67. The molecular formula is C12H19Cl2N. The van der Waals surface area contributed by atoms with Crippen molar-refractivity contribution in [3.05, 3.63) is 34.3 Å². The van der Waals surface area contributed by atoms with E-state index in [-0.39, 0.29) is 23.9 Å². The fraction of sp³-hybridized carbons (Fsp3) is 0.500. The maximum absolute atomic E-state index is 6.13. The van der Waals surface area contributed by atoms with E-state index in [1.54, 1.807) is 0 Å². The smallest absolute Gasteiger partial charge is 0.0438 e. The summed E-state index contributed by atoms with van der Waals surface area (Å²) in [5.74, 6) is 0. The molecule has 0 saturated heterocycles. The minimum Gasteiger partial charge on any atom is -0.324 e. The summed E-state index contributed by atoms with van der Waals surface area (Å²) in [7, 11) is 0. The van der Waals surface area contributed by atoms with Crippen LogP contribution < -0.4 is 5.73 Å². The molecule has 1 atom stereocenters. The number of aryl methyl sites for hydroxylation is 1. The Bertz CT molecular complexity index is 329. The van der Waals surface area contributed by atoms with Gasteiger partial charge in [-0.25, -0.2) is 0 Å². The molecule has 0 amide bonds. The Labute approximate surface area is 103 Å². The minimum absolute atomic E-state index is 0. The molecule has 1 aromatic rings. The third-order valence-electron chi connectivity index (χ3n) is 2.49. The quantitative estimate of drug-likeness (QED) is 0.794. The van der Waals surface area contributed by atoms with Crippen LogP contribution >= 0.6 is 24.0 Å². The van der Waals surface area contributed by atoms with Crippen molar-refractivity contribution >= 4 is 24.0 Å². The molecule has 0 aromatic heterocycles. The summed E-state index contributed by atoms with van der Waals surface area (Å²) in [6, 6.07) is 6.06. The number of hydrogen-bond acceptors (Lipinski definition) is 1. The molecule has 0 radical (unpaired) electrons. The highest BCUT2D eigenvalue weighted by Gasteiger charge is 2.22. The molecular weight excluding hydrogens is 229 g/mol. The van der Waals surface area contributed by atoms with E-state index in [0.29, 0.717) is 0 Å². The van der Waals surface area contributed by atoms with Crippen LogP contribution in [0.1, 0.15) is 37.9 Å². The van der Waals surface area contributed by atoms with Gasteiger partial charge in [0.2, 0.25) is 0 Å². The van der Waals surface area contributed by atoms with Crippen LogP contribution in [0, 0.1) is 12.3 Å². The molecule has 1 nitrogen and oxygen atoms in total. The second-order valence-electron chi connectivity index (χ2n) is 4.85. The molecule has 0 spiro atoms. The number of halogens is 2. The maximum Gasteiger partial charge on any atom is 0.0438 e. The summed E-state index contributed by atoms with van der Waals surface area (Å²) in [5, 5.41) is 0.794. The normalized spacial score (nSPS) is 13.2. The minimum atomic E-state index is 0. The van der Waals surface area contributed by atoms with Gasteiger partial charge < -0.3 is 5.73 Å². The first kappa shape index (κ1) is 14.8. The van der Waals surface area contributed by atoms with Crippen molar-refractivity contribution in [2.24, 2.45) is 11.1 Å². The van der Waals surface area contributed by atoms with Crippen LogP contribution in [0.25, 0.3) is 0 Å². The predicted molar refractivity (Wildman–Crippen MR) is 69.8 cm³/mol. The molecule has 0 bridgehead atoms. The number of rotatable bonds is 1. The summed E-state index contributed by atoms with van der Waals surface area (Å²) in [6.07, 6.45) is 0. The zero-order valence-electron chi connectivity index (χ0n) is 9.67. The second-order valence-corrected chi connectivity index (χ2v) is 5.26. The Hall–Kier alpha value is -0.240. The van der Waals surface area contributed by atoms with E-state index in [9.17, 15) is 0 Å². The van der Waals surface area contributed by atoms with E-state index in [4.69, 9.17) is 17.3 Å². The standard InChI is InChI=1S/C12H18ClN.ClH/c1-8-5-6-9(7-10(8)13)11(14)12(2,3)4;/h5-7,11H,14H2,1-4H3;1H/t11-;/m1./s1. The summed E-state index contributed by atoms with van der Waals surface area (Å²) in [4.78, 5) is 0. The highest BCUT2D eigenvalue weighted by atomic mass is 35.5. The number of nitrogens with two attached hydrogens (primary N) is 1. The summed E-state index contributed by atoms with van der Waals surface area (Å²) >= 11 is 6.05. The van der Waals surface area contributed by atoms with Gasteiger partial charge in [0.15, 0.2) is 0 Å². The maximum atomic E-state index is 6.13. The first-order valence-electron chi connectivity index (χ1n) is 4.84. The van der Waals surface area contributed by atoms with E-state index < -0.39 is 0 Å². The molecule has 0 aliphatic carbocycles. The average molecular weight is 248 g/mol. The second kappa shape index (κ2) is 5.20. The van der Waals surface area contributed by atoms with E-state index >= 15 is 0 Å². The number of hydrogen-bond donors (Lipinski definition) is 1. The van der Waals surface area contributed by atoms with Gasteiger partial charge in [-0.2, -0.15) is 0 Å². The molecule has 86 valence electrons. The van der Waals surface area contributed by atoms with Gasteiger partial charge in [0.25, 0.3) is 0 Å². The molecule has 2 N–H and O–H groups in total. The van der Waals surface area contributed by atoms with Gasteiger partial charge in [-0.05, 0) is 29.5 Å². The lowest BCUT2D eigenvalue weighted by Crippen LogP contribution is -2.26. The Balaban J connectivity index is 0.00000196. The van der Waals surface area contributed by atoms with Crippen LogP contribution in [0.15, 0.2) is 18.2 Å². The van der Waals surface area contributed by atoms with Gasteiger partial charge in [-0.15, -0.1) is 12.4 Å². The van der Waals surface area contributed by atoms with Gasteiger partial charge in [-0.1, -0.05) is 44.5 Å². The van der Waals surface area contributed by atoms with Gasteiger partial charge in [0, 0.05) is 11.1 Å². The topological polar surface area (TPSA) is 26.0 Å². The third-order valence-corrected chi connectivity index (χ3v) is 2.90. The van der Waals surface area contributed by atoms with Crippen molar-refractivity contribution in [2.75, 3.05) is 0 Å². The van der Waals surface area contributed by atoms with Crippen molar-refractivity contribution in [1.82, 2.24) is 0 Å². The Morgan fingerprint density at radius 1 is 1.27 bits per heavy atom. The molecule has 15 heavy (non-hydrogen) atoms. The molecule has 0 unspecified atom stereocenters. The van der Waals surface area contributed by atoms with Crippen LogP contribution in [0.2, 0.25) is 5.02 Å². The van der Waals surface area contributed by atoms with Crippen molar-refractivity contribution in [1.29, 1.82) is 0 Å². The lowest BCUT2D eigenvalue weighted by molar-refractivity contribution is 0.327. The lowest BCUT2D eigenvalue weighted by atomic mass is 9.83. The zero-order valence-corrected chi connectivity index (χ0v) is 11.2. The van der Waals surface area contributed by atoms with Crippen molar-refractivity contribution in [3.63, 3.8) is 0 Å². The molecule has 0 fully saturated rings. The predicted octanol–water partition coefficient (Wildman–Crippen LogP) is 4.12. The molecule has 1 rings (SSSR count). The summed E-state index contributed by atoms with van der Waals surface area (Å²) < 4.78 is 0. The fourth-order valence-electron chi connectivity index (χ4n) is 1.30. The first-order chi connectivity index (χ1) is 6.32. The van der Waals surface area contributed by atoms with Crippen LogP contribution in [-0.2, 0) is 0 Å². The zero-order chi connectivity index (χ0) is 10.9.